The van der Waals surface area contributed by atoms with Crippen LogP contribution in [0, 0.1) is 6.92 Å². The quantitative estimate of drug-likeness (QED) is 0.898. The van der Waals surface area contributed by atoms with Crippen LogP contribution in [0.15, 0.2) is 18.2 Å². The van der Waals surface area contributed by atoms with Gasteiger partial charge in [0.25, 0.3) is 0 Å². The highest BCUT2D eigenvalue weighted by atomic mass is 35.5. The van der Waals surface area contributed by atoms with Gasteiger partial charge in [-0.3, -0.25) is 0 Å². The normalized spacial score (nSPS) is 11.8. The molecular weight excluding hydrogens is 297 g/mol. The highest BCUT2D eigenvalue weighted by Gasteiger charge is 2.31. The van der Waals surface area contributed by atoms with Crippen LogP contribution < -0.4 is 5.73 Å². The lowest BCUT2D eigenvalue weighted by atomic mass is 10.1. The van der Waals surface area contributed by atoms with Gasteiger partial charge >= 0.3 is 6.18 Å². The van der Waals surface area contributed by atoms with Crippen LogP contribution in [0.5, 0.6) is 0 Å². The van der Waals surface area contributed by atoms with Gasteiger partial charge in [-0.1, -0.05) is 11.6 Å². The molecule has 1 aromatic carbocycles. The summed E-state index contributed by atoms with van der Waals surface area (Å²) in [4.78, 5) is 4.88. The summed E-state index contributed by atoms with van der Waals surface area (Å²) in [5, 5.41) is 0.477. The Morgan fingerprint density at radius 2 is 2.00 bits per heavy atom. The highest BCUT2D eigenvalue weighted by molar-refractivity contribution is 7.15. The molecule has 7 heteroatoms. The first-order chi connectivity index (χ1) is 8.75. The molecule has 2 N–H and O–H groups in total. The van der Waals surface area contributed by atoms with E-state index < -0.39 is 11.7 Å². The third-order valence-electron chi connectivity index (χ3n) is 2.56. The maximum atomic E-state index is 12.7. The zero-order chi connectivity index (χ0) is 14.2. The van der Waals surface area contributed by atoms with Crippen molar-refractivity contribution in [3.05, 3.63) is 44.9 Å². The first-order valence-electron chi connectivity index (χ1n) is 5.34. The molecule has 2 rings (SSSR count). The molecule has 0 atom stereocenters. The number of aromatic nitrogens is 1. The molecule has 0 radical (unpaired) electrons. The Morgan fingerprint density at radius 1 is 1.32 bits per heavy atom. The topological polar surface area (TPSA) is 38.9 Å². The molecule has 0 saturated carbocycles. The zero-order valence-corrected chi connectivity index (χ0v) is 11.5. The predicted octanol–water partition coefficient (Wildman–Crippen LogP) is 4.30. The second kappa shape index (κ2) is 5.02. The molecule has 0 bridgehead atoms. The molecule has 0 amide bonds. The van der Waals surface area contributed by atoms with Crippen molar-refractivity contribution in [1.29, 1.82) is 0 Å². The lowest BCUT2D eigenvalue weighted by Gasteiger charge is -2.09. The van der Waals surface area contributed by atoms with E-state index in [9.17, 15) is 13.2 Å². The number of thiazole rings is 1. The Hall–Kier alpha value is -1.27. The second-order valence-corrected chi connectivity index (χ2v) is 5.64. The Labute approximate surface area is 117 Å². The summed E-state index contributed by atoms with van der Waals surface area (Å²) in [7, 11) is 0. The summed E-state index contributed by atoms with van der Waals surface area (Å²) < 4.78 is 38.0. The van der Waals surface area contributed by atoms with Gasteiger partial charge in [-0.05, 0) is 30.7 Å². The van der Waals surface area contributed by atoms with Crippen LogP contribution in [0.25, 0.3) is 0 Å². The van der Waals surface area contributed by atoms with E-state index >= 15 is 0 Å². The maximum absolute atomic E-state index is 12.7. The lowest BCUT2D eigenvalue weighted by Crippen LogP contribution is -2.05. The van der Waals surface area contributed by atoms with E-state index in [1.807, 2.05) is 0 Å². The fourth-order valence-corrected chi connectivity index (χ4v) is 2.84. The van der Waals surface area contributed by atoms with Crippen molar-refractivity contribution in [2.24, 2.45) is 0 Å². The Kier molecular flexibility index (Phi) is 3.73. The minimum absolute atomic E-state index is 0.0694. The largest absolute Gasteiger partial charge is 0.416 e. The van der Waals surface area contributed by atoms with E-state index in [1.54, 1.807) is 6.92 Å². The van der Waals surface area contributed by atoms with Gasteiger partial charge in [0, 0.05) is 16.3 Å². The Morgan fingerprint density at radius 3 is 2.53 bits per heavy atom. The lowest BCUT2D eigenvalue weighted by molar-refractivity contribution is -0.137. The van der Waals surface area contributed by atoms with Crippen molar-refractivity contribution < 1.29 is 13.2 Å². The van der Waals surface area contributed by atoms with Gasteiger partial charge in [-0.2, -0.15) is 13.2 Å². The molecule has 1 heterocycles. The minimum Gasteiger partial charge on any atom is -0.375 e. The van der Waals surface area contributed by atoms with Crippen LogP contribution in [-0.4, -0.2) is 4.98 Å². The molecule has 0 fully saturated rings. The van der Waals surface area contributed by atoms with Gasteiger partial charge in [-0.25, -0.2) is 4.98 Å². The van der Waals surface area contributed by atoms with Crippen LogP contribution in [0.2, 0.25) is 5.02 Å². The molecular formula is C12H10ClF3N2S. The van der Waals surface area contributed by atoms with Gasteiger partial charge < -0.3 is 5.73 Å². The van der Waals surface area contributed by atoms with Crippen molar-refractivity contribution >= 4 is 28.1 Å². The van der Waals surface area contributed by atoms with Crippen molar-refractivity contribution in [2.75, 3.05) is 5.73 Å². The number of hydrogen-bond acceptors (Lipinski definition) is 3. The molecule has 0 aliphatic heterocycles. The average Bonchev–Trinajstić information content (AvgIpc) is 2.55. The smallest absolute Gasteiger partial charge is 0.375 e. The standard InChI is InChI=1S/C12H10ClF3N2S/c1-6-10(19-11(17)18-6)4-7-2-8(12(14,15)16)5-9(13)3-7/h2-3,5H,4H2,1H3,(H2,17,18). The van der Waals surface area contributed by atoms with Gasteiger partial charge in [0.1, 0.15) is 0 Å². The molecule has 0 aliphatic rings. The highest BCUT2D eigenvalue weighted by Crippen LogP contribution is 2.33. The van der Waals surface area contributed by atoms with E-state index in [4.69, 9.17) is 17.3 Å². The Balaban J connectivity index is 2.35. The fourth-order valence-electron chi connectivity index (χ4n) is 1.72. The number of aryl methyl sites for hydroxylation is 1. The number of nitrogens with zero attached hydrogens (tertiary/aromatic N) is 1. The number of rotatable bonds is 2. The van der Waals surface area contributed by atoms with E-state index in [0.717, 1.165) is 22.7 Å². The SMILES string of the molecule is Cc1nc(N)sc1Cc1cc(Cl)cc(C(F)(F)F)c1. The minimum atomic E-state index is -4.40. The van der Waals surface area contributed by atoms with Gasteiger partial charge in [0.05, 0.1) is 11.3 Å². The van der Waals surface area contributed by atoms with Crippen molar-refractivity contribution in [3.63, 3.8) is 0 Å². The molecule has 102 valence electrons. The molecule has 0 spiro atoms. The molecule has 0 saturated heterocycles. The maximum Gasteiger partial charge on any atom is 0.416 e. The summed E-state index contributed by atoms with van der Waals surface area (Å²) in [5.41, 5.74) is 6.04. The summed E-state index contributed by atoms with van der Waals surface area (Å²) in [6.45, 7) is 1.78. The first-order valence-corrected chi connectivity index (χ1v) is 6.53. The number of nitrogen functional groups attached to an aromatic ring is 1. The van der Waals surface area contributed by atoms with E-state index in [-0.39, 0.29) is 5.02 Å². The number of hydrogen-bond donors (Lipinski definition) is 1. The molecule has 1 aromatic heterocycles. The van der Waals surface area contributed by atoms with Gasteiger partial charge in [0.15, 0.2) is 5.13 Å². The summed E-state index contributed by atoms with van der Waals surface area (Å²) in [6.07, 6.45) is -4.06. The molecule has 2 aromatic rings. The Bertz CT molecular complexity index is 608. The van der Waals surface area contributed by atoms with Crippen molar-refractivity contribution in [2.45, 2.75) is 19.5 Å². The van der Waals surface area contributed by atoms with Crippen molar-refractivity contribution in [3.8, 4) is 0 Å². The van der Waals surface area contributed by atoms with Crippen LogP contribution >= 0.6 is 22.9 Å². The average molecular weight is 307 g/mol. The number of halogens is 4. The number of nitrogens with two attached hydrogens (primary N) is 1. The predicted molar refractivity (Wildman–Crippen MR) is 70.5 cm³/mol. The molecule has 0 aliphatic carbocycles. The second-order valence-electron chi connectivity index (χ2n) is 4.08. The van der Waals surface area contributed by atoms with E-state index in [0.29, 0.717) is 17.1 Å². The van der Waals surface area contributed by atoms with E-state index in [2.05, 4.69) is 4.98 Å². The molecule has 0 unspecified atom stereocenters. The molecule has 2 nitrogen and oxygen atoms in total. The van der Waals surface area contributed by atoms with Crippen LogP contribution in [-0.2, 0) is 12.6 Å². The van der Waals surface area contributed by atoms with Crippen LogP contribution in [0.4, 0.5) is 18.3 Å². The molecule has 19 heavy (non-hydrogen) atoms. The summed E-state index contributed by atoms with van der Waals surface area (Å²) >= 11 is 7.00. The number of alkyl halides is 3. The third-order valence-corrected chi connectivity index (χ3v) is 3.76. The fraction of sp³-hybridized carbons (Fsp3) is 0.250. The summed E-state index contributed by atoms with van der Waals surface area (Å²) in [5.74, 6) is 0. The number of anilines is 1. The monoisotopic (exact) mass is 306 g/mol. The van der Waals surface area contributed by atoms with Gasteiger partial charge in [0.2, 0.25) is 0 Å². The first kappa shape index (κ1) is 14.1. The third kappa shape index (κ3) is 3.39. The summed E-state index contributed by atoms with van der Waals surface area (Å²) in [6, 6.07) is 3.53. The van der Waals surface area contributed by atoms with Crippen molar-refractivity contribution in [1.82, 2.24) is 4.98 Å². The van der Waals surface area contributed by atoms with E-state index in [1.165, 1.54) is 17.4 Å². The zero-order valence-electron chi connectivity index (χ0n) is 9.88. The van der Waals surface area contributed by atoms with Crippen LogP contribution in [0.1, 0.15) is 21.7 Å². The van der Waals surface area contributed by atoms with Crippen LogP contribution in [0.3, 0.4) is 0 Å². The van der Waals surface area contributed by atoms with Gasteiger partial charge in [-0.15, -0.1) is 11.3 Å². The number of benzene rings is 1.